The fourth-order valence-electron chi connectivity index (χ4n) is 2.74. The first-order valence-electron chi connectivity index (χ1n) is 6.75. The number of benzene rings is 1. The van der Waals surface area contributed by atoms with Gasteiger partial charge in [0.2, 0.25) is 0 Å². The summed E-state index contributed by atoms with van der Waals surface area (Å²) in [6.45, 7) is 3.59. The number of amides is 1. The van der Waals surface area contributed by atoms with Crippen molar-refractivity contribution in [2.24, 2.45) is 5.41 Å². The third-order valence-corrected chi connectivity index (χ3v) is 4.55. The zero-order valence-electron chi connectivity index (χ0n) is 11.7. The number of aliphatic hydroxyl groups excluding tert-OH is 1. The maximum atomic E-state index is 13.4. The lowest BCUT2D eigenvalue weighted by molar-refractivity contribution is 0.0830. The summed E-state index contributed by atoms with van der Waals surface area (Å²) in [5, 5.41) is 12.5. The van der Waals surface area contributed by atoms with Crippen molar-refractivity contribution in [1.29, 1.82) is 0 Å². The van der Waals surface area contributed by atoms with Crippen LogP contribution in [0.2, 0.25) is 5.02 Å². The number of hydrogen-bond acceptors (Lipinski definition) is 2. The number of hydrogen-bond donors (Lipinski definition) is 2. The molecule has 0 bridgehead atoms. The summed E-state index contributed by atoms with van der Waals surface area (Å²) < 4.78 is 13.4. The van der Waals surface area contributed by atoms with Crippen LogP contribution in [0.3, 0.4) is 0 Å². The minimum Gasteiger partial charge on any atom is -0.396 e. The number of aliphatic hydroxyl groups is 1. The Morgan fingerprint density at radius 2 is 2.30 bits per heavy atom. The van der Waals surface area contributed by atoms with E-state index >= 15 is 0 Å². The lowest BCUT2D eigenvalue weighted by Gasteiger charge is -2.30. The Labute approximate surface area is 123 Å². The van der Waals surface area contributed by atoms with Gasteiger partial charge in [-0.2, -0.15) is 0 Å². The third kappa shape index (κ3) is 2.81. The molecule has 1 saturated carbocycles. The quantitative estimate of drug-likeness (QED) is 0.901. The molecule has 1 aliphatic rings. The van der Waals surface area contributed by atoms with Gasteiger partial charge in [-0.15, -0.1) is 0 Å². The first kappa shape index (κ1) is 15.3. The molecule has 2 rings (SSSR count). The molecule has 0 spiro atoms. The van der Waals surface area contributed by atoms with E-state index in [1.165, 1.54) is 6.07 Å². The number of aryl methyl sites for hydroxylation is 1. The van der Waals surface area contributed by atoms with E-state index in [-0.39, 0.29) is 34.6 Å². The highest BCUT2D eigenvalue weighted by molar-refractivity contribution is 6.33. The van der Waals surface area contributed by atoms with Crippen molar-refractivity contribution >= 4 is 17.5 Å². The maximum Gasteiger partial charge on any atom is 0.253 e. The van der Waals surface area contributed by atoms with Crippen LogP contribution in [0.5, 0.6) is 0 Å². The number of rotatable bonds is 3. The number of nitrogens with one attached hydrogen (secondary N) is 1. The van der Waals surface area contributed by atoms with E-state index in [1.54, 1.807) is 6.92 Å². The summed E-state index contributed by atoms with van der Waals surface area (Å²) in [4.78, 5) is 12.3. The van der Waals surface area contributed by atoms with E-state index in [2.05, 4.69) is 5.32 Å². The van der Waals surface area contributed by atoms with Crippen LogP contribution in [0.25, 0.3) is 0 Å². The highest BCUT2D eigenvalue weighted by atomic mass is 35.5. The molecule has 1 aromatic rings. The predicted molar refractivity (Wildman–Crippen MR) is 76.4 cm³/mol. The molecule has 0 aliphatic heterocycles. The first-order valence-corrected chi connectivity index (χ1v) is 7.12. The molecular weight excluding hydrogens is 281 g/mol. The van der Waals surface area contributed by atoms with Crippen molar-refractivity contribution in [3.05, 3.63) is 34.1 Å². The van der Waals surface area contributed by atoms with Gasteiger partial charge in [0.1, 0.15) is 5.82 Å². The molecule has 2 N–H and O–H groups in total. The van der Waals surface area contributed by atoms with Gasteiger partial charge in [0.05, 0.1) is 17.2 Å². The monoisotopic (exact) mass is 299 g/mol. The lowest BCUT2D eigenvalue weighted by atomic mass is 9.85. The normalized spacial score (nSPS) is 25.8. The van der Waals surface area contributed by atoms with Crippen LogP contribution in [0.1, 0.15) is 42.1 Å². The molecule has 0 heterocycles. The molecule has 110 valence electrons. The van der Waals surface area contributed by atoms with Gasteiger partial charge in [0.25, 0.3) is 5.91 Å². The van der Waals surface area contributed by atoms with Gasteiger partial charge in [-0.25, -0.2) is 4.39 Å². The van der Waals surface area contributed by atoms with Gasteiger partial charge >= 0.3 is 0 Å². The van der Waals surface area contributed by atoms with E-state index in [0.29, 0.717) is 5.56 Å². The van der Waals surface area contributed by atoms with Crippen LogP contribution in [0.15, 0.2) is 12.1 Å². The molecule has 0 aromatic heterocycles. The smallest absolute Gasteiger partial charge is 0.253 e. The summed E-state index contributed by atoms with van der Waals surface area (Å²) in [7, 11) is 0. The first-order chi connectivity index (χ1) is 9.37. The highest BCUT2D eigenvalue weighted by Crippen LogP contribution is 2.37. The standard InChI is InChI=1S/C15H19ClFNO2/c1-9-6-10(11(16)7-12(9)17)14(20)18-13-4-3-5-15(13,2)8-19/h6-7,13,19H,3-5,8H2,1-2H3,(H,18,20). The molecule has 20 heavy (non-hydrogen) atoms. The second kappa shape index (κ2) is 5.70. The third-order valence-electron chi connectivity index (χ3n) is 4.24. The summed E-state index contributed by atoms with van der Waals surface area (Å²) in [6, 6.07) is 2.53. The van der Waals surface area contributed by atoms with Gasteiger partial charge in [-0.05, 0) is 37.5 Å². The largest absolute Gasteiger partial charge is 0.396 e. The average Bonchev–Trinajstić information content (AvgIpc) is 2.76. The molecule has 2 unspecified atom stereocenters. The zero-order chi connectivity index (χ0) is 14.9. The van der Waals surface area contributed by atoms with Crippen molar-refractivity contribution in [1.82, 2.24) is 5.32 Å². The highest BCUT2D eigenvalue weighted by Gasteiger charge is 2.39. The van der Waals surface area contributed by atoms with Gasteiger partial charge in [0, 0.05) is 11.5 Å². The molecule has 0 radical (unpaired) electrons. The fraction of sp³-hybridized carbons (Fsp3) is 0.533. The SMILES string of the molecule is Cc1cc(C(=O)NC2CCCC2(C)CO)c(Cl)cc1F. The zero-order valence-corrected chi connectivity index (χ0v) is 12.4. The molecule has 0 saturated heterocycles. The summed E-state index contributed by atoms with van der Waals surface area (Å²) in [5.74, 6) is -0.739. The molecule has 2 atom stereocenters. The van der Waals surface area contributed by atoms with E-state index in [9.17, 15) is 14.3 Å². The van der Waals surface area contributed by atoms with Crippen LogP contribution in [-0.2, 0) is 0 Å². The minimum absolute atomic E-state index is 0.0358. The minimum atomic E-state index is -0.424. The van der Waals surface area contributed by atoms with E-state index in [4.69, 9.17) is 11.6 Å². The molecule has 5 heteroatoms. The fourth-order valence-corrected chi connectivity index (χ4v) is 2.97. The maximum absolute atomic E-state index is 13.4. The van der Waals surface area contributed by atoms with Crippen LogP contribution >= 0.6 is 11.6 Å². The molecular formula is C15H19ClFNO2. The Bertz CT molecular complexity index is 535. The van der Waals surface area contributed by atoms with Crippen molar-refractivity contribution in [3.63, 3.8) is 0 Å². The van der Waals surface area contributed by atoms with Crippen LogP contribution < -0.4 is 5.32 Å². The number of carbonyl (C=O) groups is 1. The van der Waals surface area contributed by atoms with Crippen molar-refractivity contribution < 1.29 is 14.3 Å². The van der Waals surface area contributed by atoms with Crippen molar-refractivity contribution in [2.45, 2.75) is 39.2 Å². The lowest BCUT2D eigenvalue weighted by Crippen LogP contribution is -2.44. The Kier molecular flexibility index (Phi) is 4.35. The second-order valence-electron chi connectivity index (χ2n) is 5.81. The summed E-state index contributed by atoms with van der Waals surface area (Å²) in [5.41, 5.74) is 0.366. The van der Waals surface area contributed by atoms with E-state index in [0.717, 1.165) is 25.3 Å². The van der Waals surface area contributed by atoms with Gasteiger partial charge in [-0.1, -0.05) is 24.9 Å². The Hall–Kier alpha value is -1.13. The Balaban J connectivity index is 2.19. The van der Waals surface area contributed by atoms with Gasteiger partial charge < -0.3 is 10.4 Å². The average molecular weight is 300 g/mol. The van der Waals surface area contributed by atoms with Crippen LogP contribution in [-0.4, -0.2) is 23.7 Å². The van der Waals surface area contributed by atoms with E-state index in [1.807, 2.05) is 6.92 Å². The Morgan fingerprint density at radius 1 is 1.60 bits per heavy atom. The van der Waals surface area contributed by atoms with Crippen molar-refractivity contribution in [3.8, 4) is 0 Å². The summed E-state index contributed by atoms with van der Waals surface area (Å²) >= 11 is 5.94. The van der Waals surface area contributed by atoms with Gasteiger partial charge in [0.15, 0.2) is 0 Å². The molecule has 3 nitrogen and oxygen atoms in total. The van der Waals surface area contributed by atoms with Crippen LogP contribution in [0, 0.1) is 18.2 Å². The molecule has 1 fully saturated rings. The number of halogens is 2. The van der Waals surface area contributed by atoms with Gasteiger partial charge in [-0.3, -0.25) is 4.79 Å². The predicted octanol–water partition coefficient (Wildman–Crippen LogP) is 3.07. The second-order valence-corrected chi connectivity index (χ2v) is 6.22. The molecule has 1 aliphatic carbocycles. The topological polar surface area (TPSA) is 49.3 Å². The number of carbonyl (C=O) groups excluding carboxylic acids is 1. The molecule has 1 amide bonds. The Morgan fingerprint density at radius 3 is 2.95 bits per heavy atom. The summed E-state index contributed by atoms with van der Waals surface area (Å²) in [6.07, 6.45) is 2.68. The van der Waals surface area contributed by atoms with Crippen LogP contribution in [0.4, 0.5) is 4.39 Å². The molecule has 1 aromatic carbocycles. The van der Waals surface area contributed by atoms with E-state index < -0.39 is 5.82 Å². The van der Waals surface area contributed by atoms with Crippen molar-refractivity contribution in [2.75, 3.05) is 6.61 Å².